The van der Waals surface area contributed by atoms with Gasteiger partial charge in [0, 0.05) is 33.0 Å². The molecule has 1 aromatic rings. The van der Waals surface area contributed by atoms with Crippen LogP contribution in [0, 0.1) is 12.3 Å². The van der Waals surface area contributed by atoms with Crippen molar-refractivity contribution in [3.05, 3.63) is 11.7 Å². The smallest absolute Gasteiger partial charge is 0.317 e. The third kappa shape index (κ3) is 3.32. The number of carboxylic acids is 1. The Labute approximate surface area is 122 Å². The zero-order chi connectivity index (χ0) is 15.5. The molecule has 2 heterocycles. The molecule has 0 spiro atoms. The Morgan fingerprint density at radius 1 is 1.52 bits per heavy atom. The summed E-state index contributed by atoms with van der Waals surface area (Å²) in [4.78, 5) is 29.0. The summed E-state index contributed by atoms with van der Waals surface area (Å²) in [5, 5.41) is 15.8. The highest BCUT2D eigenvalue weighted by Crippen LogP contribution is 2.34. The minimum absolute atomic E-state index is 0.244. The standard InChI is InChI=1S/C13H20N4O4/c1-3-13(11(18)19)5-7-17(8-13)12(20)14-6-4-10-15-9(2)21-16-10/h3-8H2,1-2H3,(H,14,20)(H,18,19). The number of carboxylic acid groups (broad SMARTS) is 1. The van der Waals surface area contributed by atoms with E-state index in [0.29, 0.717) is 44.1 Å². The predicted molar refractivity (Wildman–Crippen MR) is 72.7 cm³/mol. The number of hydrogen-bond acceptors (Lipinski definition) is 5. The first-order valence-corrected chi connectivity index (χ1v) is 7.02. The summed E-state index contributed by atoms with van der Waals surface area (Å²) < 4.78 is 4.84. The fourth-order valence-corrected chi connectivity index (χ4v) is 2.50. The summed E-state index contributed by atoms with van der Waals surface area (Å²) in [7, 11) is 0. The summed E-state index contributed by atoms with van der Waals surface area (Å²) in [6, 6.07) is -0.244. The van der Waals surface area contributed by atoms with Gasteiger partial charge >= 0.3 is 12.0 Å². The minimum atomic E-state index is -0.831. The predicted octanol–water partition coefficient (Wildman–Crippen LogP) is 0.817. The monoisotopic (exact) mass is 296 g/mol. The number of carbonyl (C=O) groups excluding carboxylic acids is 1. The largest absolute Gasteiger partial charge is 0.481 e. The molecular formula is C13H20N4O4. The van der Waals surface area contributed by atoms with Crippen molar-refractivity contribution in [3.63, 3.8) is 0 Å². The number of nitrogens with one attached hydrogen (secondary N) is 1. The Morgan fingerprint density at radius 3 is 2.81 bits per heavy atom. The van der Waals surface area contributed by atoms with Crippen molar-refractivity contribution in [2.75, 3.05) is 19.6 Å². The van der Waals surface area contributed by atoms with Crippen LogP contribution in [-0.4, -0.2) is 51.8 Å². The average Bonchev–Trinajstić information content (AvgIpc) is 3.06. The maximum Gasteiger partial charge on any atom is 0.317 e. The molecule has 0 saturated carbocycles. The number of urea groups is 1. The number of rotatable bonds is 5. The Balaban J connectivity index is 1.80. The number of amides is 2. The van der Waals surface area contributed by atoms with Crippen LogP contribution in [0.1, 0.15) is 31.5 Å². The second-order valence-electron chi connectivity index (χ2n) is 5.32. The van der Waals surface area contributed by atoms with Crippen molar-refractivity contribution < 1.29 is 19.2 Å². The van der Waals surface area contributed by atoms with Gasteiger partial charge in [-0.2, -0.15) is 4.98 Å². The van der Waals surface area contributed by atoms with Crippen molar-refractivity contribution in [2.24, 2.45) is 5.41 Å². The minimum Gasteiger partial charge on any atom is -0.481 e. The number of aryl methyl sites for hydroxylation is 1. The van der Waals surface area contributed by atoms with Crippen LogP contribution in [0.4, 0.5) is 4.79 Å². The van der Waals surface area contributed by atoms with Gasteiger partial charge in [-0.05, 0) is 12.8 Å². The van der Waals surface area contributed by atoms with Crippen LogP contribution >= 0.6 is 0 Å². The average molecular weight is 296 g/mol. The van der Waals surface area contributed by atoms with Gasteiger partial charge in [-0.15, -0.1) is 0 Å². The van der Waals surface area contributed by atoms with Crippen LogP contribution in [0.25, 0.3) is 0 Å². The van der Waals surface area contributed by atoms with E-state index < -0.39 is 11.4 Å². The number of hydrogen-bond donors (Lipinski definition) is 2. The molecule has 1 saturated heterocycles. The zero-order valence-corrected chi connectivity index (χ0v) is 12.3. The quantitative estimate of drug-likeness (QED) is 0.832. The van der Waals surface area contributed by atoms with Gasteiger partial charge in [0.05, 0.1) is 5.41 Å². The maximum absolute atomic E-state index is 12.0. The van der Waals surface area contributed by atoms with Crippen LogP contribution in [0.3, 0.4) is 0 Å². The lowest BCUT2D eigenvalue weighted by Crippen LogP contribution is -2.42. The van der Waals surface area contributed by atoms with Gasteiger partial charge in [0.25, 0.3) is 0 Å². The van der Waals surface area contributed by atoms with Gasteiger partial charge in [-0.25, -0.2) is 4.79 Å². The molecule has 1 aliphatic rings. The van der Waals surface area contributed by atoms with E-state index in [2.05, 4.69) is 15.5 Å². The molecule has 8 nitrogen and oxygen atoms in total. The maximum atomic E-state index is 12.0. The van der Waals surface area contributed by atoms with Gasteiger partial charge in [0.2, 0.25) is 5.89 Å². The van der Waals surface area contributed by atoms with E-state index in [1.807, 2.05) is 6.92 Å². The Bertz CT molecular complexity index is 530. The van der Waals surface area contributed by atoms with E-state index in [0.717, 1.165) is 0 Å². The van der Waals surface area contributed by atoms with Crippen molar-refractivity contribution in [3.8, 4) is 0 Å². The summed E-state index contributed by atoms with van der Waals surface area (Å²) in [6.07, 6.45) is 1.50. The molecule has 1 aromatic heterocycles. The number of nitrogens with zero attached hydrogens (tertiary/aromatic N) is 3. The van der Waals surface area contributed by atoms with Crippen molar-refractivity contribution in [2.45, 2.75) is 33.1 Å². The molecule has 0 radical (unpaired) electrons. The van der Waals surface area contributed by atoms with E-state index in [4.69, 9.17) is 4.52 Å². The topological polar surface area (TPSA) is 109 Å². The molecule has 1 atom stereocenters. The van der Waals surface area contributed by atoms with E-state index in [1.165, 1.54) is 0 Å². The molecule has 2 N–H and O–H groups in total. The molecule has 2 amide bonds. The van der Waals surface area contributed by atoms with Crippen molar-refractivity contribution >= 4 is 12.0 Å². The molecule has 2 rings (SSSR count). The molecule has 8 heteroatoms. The number of carbonyl (C=O) groups is 2. The summed E-state index contributed by atoms with van der Waals surface area (Å²) in [5.74, 6) is 0.204. The van der Waals surface area contributed by atoms with E-state index in [1.54, 1.807) is 11.8 Å². The van der Waals surface area contributed by atoms with Crippen LogP contribution in [-0.2, 0) is 11.2 Å². The van der Waals surface area contributed by atoms with E-state index in [9.17, 15) is 14.7 Å². The molecule has 1 fully saturated rings. The number of likely N-dealkylation sites (tertiary alicyclic amines) is 1. The molecule has 0 aliphatic carbocycles. The van der Waals surface area contributed by atoms with Crippen LogP contribution in [0.15, 0.2) is 4.52 Å². The normalized spacial score (nSPS) is 21.5. The van der Waals surface area contributed by atoms with Gasteiger partial charge < -0.3 is 19.8 Å². The first-order chi connectivity index (χ1) is 9.97. The Morgan fingerprint density at radius 2 is 2.29 bits per heavy atom. The molecular weight excluding hydrogens is 276 g/mol. The third-order valence-electron chi connectivity index (χ3n) is 3.97. The highest BCUT2D eigenvalue weighted by Gasteiger charge is 2.44. The van der Waals surface area contributed by atoms with Crippen molar-refractivity contribution in [1.82, 2.24) is 20.4 Å². The number of aliphatic carboxylic acids is 1. The lowest BCUT2D eigenvalue weighted by atomic mass is 9.84. The van der Waals surface area contributed by atoms with Gasteiger partial charge in [-0.3, -0.25) is 4.79 Å². The molecule has 21 heavy (non-hydrogen) atoms. The van der Waals surface area contributed by atoms with Gasteiger partial charge in [0.1, 0.15) is 0 Å². The van der Waals surface area contributed by atoms with Crippen LogP contribution < -0.4 is 5.32 Å². The van der Waals surface area contributed by atoms with E-state index >= 15 is 0 Å². The lowest BCUT2D eigenvalue weighted by Gasteiger charge is -2.23. The number of aromatic nitrogens is 2. The van der Waals surface area contributed by atoms with E-state index in [-0.39, 0.29) is 12.6 Å². The lowest BCUT2D eigenvalue weighted by molar-refractivity contribution is -0.148. The first-order valence-electron chi connectivity index (χ1n) is 7.02. The van der Waals surface area contributed by atoms with Crippen LogP contribution in [0.2, 0.25) is 0 Å². The highest BCUT2D eigenvalue weighted by atomic mass is 16.5. The molecule has 0 aromatic carbocycles. The fraction of sp³-hybridized carbons (Fsp3) is 0.692. The highest BCUT2D eigenvalue weighted by molar-refractivity contribution is 5.79. The van der Waals surface area contributed by atoms with Gasteiger partial charge in [0.15, 0.2) is 5.82 Å². The molecule has 1 unspecified atom stereocenters. The summed E-state index contributed by atoms with van der Waals surface area (Å²) in [6.45, 7) is 4.66. The summed E-state index contributed by atoms with van der Waals surface area (Å²) >= 11 is 0. The van der Waals surface area contributed by atoms with Gasteiger partial charge in [-0.1, -0.05) is 12.1 Å². The fourth-order valence-electron chi connectivity index (χ4n) is 2.50. The second-order valence-corrected chi connectivity index (χ2v) is 5.32. The Kier molecular flexibility index (Phi) is 4.44. The van der Waals surface area contributed by atoms with Crippen molar-refractivity contribution in [1.29, 1.82) is 0 Å². The Hall–Kier alpha value is -2.12. The van der Waals surface area contributed by atoms with Crippen LogP contribution in [0.5, 0.6) is 0 Å². The molecule has 0 bridgehead atoms. The molecule has 116 valence electrons. The SMILES string of the molecule is CCC1(C(=O)O)CCN(C(=O)NCCc2noc(C)n2)C1. The third-order valence-corrected chi connectivity index (χ3v) is 3.97. The first kappa shape index (κ1) is 15.3. The summed E-state index contributed by atoms with van der Waals surface area (Å²) in [5.41, 5.74) is -0.803. The zero-order valence-electron chi connectivity index (χ0n) is 12.3. The molecule has 1 aliphatic heterocycles. The second kappa shape index (κ2) is 6.11.